The lowest BCUT2D eigenvalue weighted by Crippen LogP contribution is -2.54. The van der Waals surface area contributed by atoms with Crippen molar-refractivity contribution in [3.63, 3.8) is 0 Å². The predicted molar refractivity (Wildman–Crippen MR) is 146 cm³/mol. The van der Waals surface area contributed by atoms with E-state index in [1.165, 1.54) is 6.08 Å². The van der Waals surface area contributed by atoms with Crippen LogP contribution in [0.15, 0.2) is 64.6 Å². The second kappa shape index (κ2) is 11.4. The fraction of sp³-hybridized carbons (Fsp3) is 0.148. The van der Waals surface area contributed by atoms with Crippen molar-refractivity contribution in [1.29, 1.82) is 0 Å². The summed E-state index contributed by atoms with van der Waals surface area (Å²) in [7, 11) is 0. The summed E-state index contributed by atoms with van der Waals surface area (Å²) >= 11 is 15.8. The van der Waals surface area contributed by atoms with Crippen molar-refractivity contribution in [2.24, 2.45) is 0 Å². The Hall–Kier alpha value is -3.33. The molecule has 37 heavy (non-hydrogen) atoms. The molecule has 7 nitrogen and oxygen atoms in total. The van der Waals surface area contributed by atoms with Crippen molar-refractivity contribution in [2.75, 3.05) is 11.5 Å². The molecule has 10 heteroatoms. The molecule has 0 aromatic heterocycles. The molecule has 0 saturated carbocycles. The van der Waals surface area contributed by atoms with Crippen LogP contribution in [0.5, 0.6) is 11.5 Å². The first-order valence-electron chi connectivity index (χ1n) is 11.2. The Morgan fingerprint density at radius 1 is 1.00 bits per heavy atom. The number of nitrogens with zero attached hydrogens (tertiary/aromatic N) is 1. The van der Waals surface area contributed by atoms with Crippen molar-refractivity contribution < 1.29 is 23.9 Å². The Balaban J connectivity index is 1.67. The van der Waals surface area contributed by atoms with Crippen molar-refractivity contribution in [2.45, 2.75) is 20.5 Å². The van der Waals surface area contributed by atoms with Gasteiger partial charge in [0.25, 0.3) is 11.8 Å². The summed E-state index contributed by atoms with van der Waals surface area (Å²) in [5.74, 6) is -0.895. The summed E-state index contributed by atoms with van der Waals surface area (Å²) in [6, 6.07) is 14.6. The van der Waals surface area contributed by atoms with E-state index in [1.807, 2.05) is 19.1 Å². The van der Waals surface area contributed by atoms with Crippen LogP contribution in [-0.2, 0) is 16.2 Å². The normalized spacial score (nSPS) is 14.7. The second-order valence-electron chi connectivity index (χ2n) is 8.07. The van der Waals surface area contributed by atoms with E-state index in [9.17, 15) is 14.4 Å². The van der Waals surface area contributed by atoms with Crippen LogP contribution in [0.3, 0.4) is 0 Å². The molecule has 1 heterocycles. The van der Waals surface area contributed by atoms with Crippen LogP contribution in [0.2, 0.25) is 10.0 Å². The quantitative estimate of drug-likeness (QED) is 0.240. The van der Waals surface area contributed by atoms with Crippen LogP contribution in [0.4, 0.5) is 10.5 Å². The Morgan fingerprint density at radius 3 is 2.41 bits per heavy atom. The van der Waals surface area contributed by atoms with Gasteiger partial charge in [-0.05, 0) is 79.1 Å². The van der Waals surface area contributed by atoms with E-state index >= 15 is 0 Å². The second-order valence-corrected chi connectivity index (χ2v) is 9.83. The zero-order chi connectivity index (χ0) is 26.7. The number of halogens is 3. The molecule has 1 aliphatic rings. The molecule has 0 unspecified atom stereocenters. The number of carbonyl (C=O) groups is 3. The number of imide groups is 2. The van der Waals surface area contributed by atoms with Crippen LogP contribution in [0, 0.1) is 6.92 Å². The molecule has 0 radical (unpaired) electrons. The van der Waals surface area contributed by atoms with Gasteiger partial charge in [0.2, 0.25) is 0 Å². The van der Waals surface area contributed by atoms with Gasteiger partial charge in [-0.25, -0.2) is 9.69 Å². The first-order valence-corrected chi connectivity index (χ1v) is 12.7. The molecule has 0 bridgehead atoms. The number of nitrogens with one attached hydrogen (secondary N) is 1. The fourth-order valence-electron chi connectivity index (χ4n) is 3.72. The van der Waals surface area contributed by atoms with Gasteiger partial charge in [0.15, 0.2) is 11.5 Å². The number of rotatable bonds is 7. The molecule has 3 aromatic carbocycles. The summed E-state index contributed by atoms with van der Waals surface area (Å²) in [6.45, 7) is 4.13. The van der Waals surface area contributed by atoms with Crippen molar-refractivity contribution >= 4 is 68.7 Å². The Bertz CT molecular complexity index is 1420. The topological polar surface area (TPSA) is 84.9 Å². The molecular formula is C27H21BrCl2N2O5. The maximum absolute atomic E-state index is 13.3. The van der Waals surface area contributed by atoms with E-state index in [0.717, 1.165) is 14.9 Å². The average molecular weight is 604 g/mol. The lowest BCUT2D eigenvalue weighted by atomic mass is 10.1. The third kappa shape index (κ3) is 5.98. The number of barbiturate groups is 1. The smallest absolute Gasteiger partial charge is 0.335 e. The monoisotopic (exact) mass is 602 g/mol. The van der Waals surface area contributed by atoms with Crippen LogP contribution in [0.1, 0.15) is 23.6 Å². The number of ether oxygens (including phenoxy) is 2. The molecule has 1 fully saturated rings. The van der Waals surface area contributed by atoms with Crippen molar-refractivity contribution in [3.05, 3.63) is 91.4 Å². The average Bonchev–Trinajstić information content (AvgIpc) is 2.84. The molecule has 0 spiro atoms. The first kappa shape index (κ1) is 26.7. The summed E-state index contributed by atoms with van der Waals surface area (Å²) in [5.41, 5.74) is 2.12. The van der Waals surface area contributed by atoms with E-state index in [1.54, 1.807) is 49.4 Å². The highest BCUT2D eigenvalue weighted by atomic mass is 79.9. The first-order chi connectivity index (χ1) is 17.7. The fourth-order valence-corrected chi connectivity index (χ4v) is 4.60. The predicted octanol–water partition coefficient (Wildman–Crippen LogP) is 6.71. The number of amides is 4. The number of carbonyl (C=O) groups excluding carboxylic acids is 3. The maximum Gasteiger partial charge on any atom is 0.335 e. The third-order valence-electron chi connectivity index (χ3n) is 5.44. The Morgan fingerprint density at radius 2 is 1.73 bits per heavy atom. The number of anilines is 1. The minimum atomic E-state index is -0.823. The highest BCUT2D eigenvalue weighted by molar-refractivity contribution is 9.10. The molecule has 1 aliphatic heterocycles. The molecular weight excluding hydrogens is 583 g/mol. The van der Waals surface area contributed by atoms with Crippen LogP contribution in [-0.4, -0.2) is 24.5 Å². The number of hydrogen-bond donors (Lipinski definition) is 1. The summed E-state index contributed by atoms with van der Waals surface area (Å²) < 4.78 is 12.4. The van der Waals surface area contributed by atoms with Gasteiger partial charge in [-0.1, -0.05) is 51.3 Å². The summed E-state index contributed by atoms with van der Waals surface area (Å²) in [6.07, 6.45) is 1.36. The number of urea groups is 1. The van der Waals surface area contributed by atoms with Crippen molar-refractivity contribution in [3.8, 4) is 11.5 Å². The van der Waals surface area contributed by atoms with Gasteiger partial charge < -0.3 is 9.47 Å². The highest BCUT2D eigenvalue weighted by Gasteiger charge is 2.37. The van der Waals surface area contributed by atoms with Gasteiger partial charge in [-0.15, -0.1) is 0 Å². The molecule has 1 saturated heterocycles. The van der Waals surface area contributed by atoms with E-state index in [4.69, 9.17) is 32.7 Å². The lowest BCUT2D eigenvalue weighted by molar-refractivity contribution is -0.122. The van der Waals surface area contributed by atoms with Crippen LogP contribution < -0.4 is 19.7 Å². The van der Waals surface area contributed by atoms with Gasteiger partial charge in [-0.3, -0.25) is 14.9 Å². The Labute approximate surface area is 232 Å². The van der Waals surface area contributed by atoms with Gasteiger partial charge in [0.05, 0.1) is 17.3 Å². The van der Waals surface area contributed by atoms with Gasteiger partial charge in [0.1, 0.15) is 12.2 Å². The SMILES string of the molecule is CCOc1cc(/C=C2/C(=O)NC(=O)N(c3ccc(Br)cc3C)C2=O)cc(Cl)c1OCc1ccc(Cl)cc1. The molecule has 4 rings (SSSR count). The van der Waals surface area contributed by atoms with E-state index in [2.05, 4.69) is 21.2 Å². The number of hydrogen-bond acceptors (Lipinski definition) is 5. The Kier molecular flexibility index (Phi) is 8.22. The molecule has 3 aromatic rings. The minimum absolute atomic E-state index is 0.224. The van der Waals surface area contributed by atoms with E-state index < -0.39 is 17.8 Å². The highest BCUT2D eigenvalue weighted by Crippen LogP contribution is 2.38. The van der Waals surface area contributed by atoms with Crippen molar-refractivity contribution in [1.82, 2.24) is 5.32 Å². The largest absolute Gasteiger partial charge is 0.490 e. The van der Waals surface area contributed by atoms with Crippen LogP contribution >= 0.6 is 39.1 Å². The minimum Gasteiger partial charge on any atom is -0.490 e. The van der Waals surface area contributed by atoms with Gasteiger partial charge in [0, 0.05) is 9.50 Å². The van der Waals surface area contributed by atoms with E-state index in [0.29, 0.717) is 39.9 Å². The molecule has 0 atom stereocenters. The summed E-state index contributed by atoms with van der Waals surface area (Å²) in [5, 5.41) is 3.07. The zero-order valence-electron chi connectivity index (χ0n) is 19.8. The van der Waals surface area contributed by atoms with Gasteiger partial charge >= 0.3 is 6.03 Å². The molecule has 1 N–H and O–H groups in total. The molecule has 4 amide bonds. The standard InChI is InChI=1S/C27H21BrCl2N2O5/c1-3-36-23-13-17(12-21(30)24(23)37-14-16-4-7-19(29)8-5-16)11-20-25(33)31-27(35)32(26(20)34)22-9-6-18(28)10-15(22)2/h4-13H,3,14H2,1-2H3,(H,31,33,35)/b20-11-. The number of aryl methyl sites for hydroxylation is 1. The number of benzene rings is 3. The molecule has 0 aliphatic carbocycles. The maximum atomic E-state index is 13.3. The third-order valence-corrected chi connectivity index (χ3v) is 6.47. The zero-order valence-corrected chi connectivity index (χ0v) is 22.9. The summed E-state index contributed by atoms with van der Waals surface area (Å²) in [4.78, 5) is 39.4. The lowest BCUT2D eigenvalue weighted by Gasteiger charge is -2.27. The van der Waals surface area contributed by atoms with Crippen LogP contribution in [0.25, 0.3) is 6.08 Å². The van der Waals surface area contributed by atoms with Gasteiger partial charge in [-0.2, -0.15) is 0 Å². The van der Waals surface area contributed by atoms with E-state index in [-0.39, 0.29) is 17.2 Å². The molecule has 190 valence electrons.